The largest absolute Gasteiger partial charge is 0.481 e. The minimum atomic E-state index is -0.872. The Bertz CT molecular complexity index is 606. The van der Waals surface area contributed by atoms with Crippen molar-refractivity contribution in [2.24, 2.45) is 11.8 Å². The Kier molecular flexibility index (Phi) is 4.66. The van der Waals surface area contributed by atoms with Crippen molar-refractivity contribution in [2.45, 2.75) is 20.0 Å². The van der Waals surface area contributed by atoms with Gasteiger partial charge in [-0.15, -0.1) is 0 Å². The van der Waals surface area contributed by atoms with Crippen LogP contribution in [0.4, 0.5) is 0 Å². The highest BCUT2D eigenvalue weighted by atomic mass is 16.5. The molecule has 1 fully saturated rings. The number of hydrogen-bond donors (Lipinski definition) is 1. The Labute approximate surface area is 128 Å². The van der Waals surface area contributed by atoms with Crippen LogP contribution in [0.2, 0.25) is 0 Å². The molecule has 0 aromatic heterocycles. The van der Waals surface area contributed by atoms with Gasteiger partial charge in [0.2, 0.25) is 0 Å². The molecule has 1 unspecified atom stereocenters. The highest BCUT2D eigenvalue weighted by Crippen LogP contribution is 2.24. The van der Waals surface area contributed by atoms with Gasteiger partial charge in [-0.2, -0.15) is 5.26 Å². The quantitative estimate of drug-likeness (QED) is 0.910. The number of benzene rings is 1. The van der Waals surface area contributed by atoms with Gasteiger partial charge in [0.25, 0.3) is 5.91 Å². The molecular formula is C16H18N2O4. The van der Waals surface area contributed by atoms with Crippen LogP contribution in [0.25, 0.3) is 0 Å². The van der Waals surface area contributed by atoms with E-state index in [1.165, 1.54) is 4.90 Å². The summed E-state index contributed by atoms with van der Waals surface area (Å²) in [6.45, 7) is 4.12. The number of likely N-dealkylation sites (tertiary alicyclic amines) is 1. The summed E-state index contributed by atoms with van der Waals surface area (Å²) in [7, 11) is 0. The molecular weight excluding hydrogens is 284 g/mol. The van der Waals surface area contributed by atoms with Gasteiger partial charge in [0.15, 0.2) is 6.10 Å². The van der Waals surface area contributed by atoms with Gasteiger partial charge in [-0.25, -0.2) is 0 Å². The third-order valence-electron chi connectivity index (χ3n) is 3.89. The van der Waals surface area contributed by atoms with Crippen LogP contribution in [0.5, 0.6) is 5.75 Å². The smallest absolute Gasteiger partial charge is 0.308 e. The van der Waals surface area contributed by atoms with Crippen molar-refractivity contribution in [1.82, 2.24) is 4.90 Å². The maximum Gasteiger partial charge on any atom is 0.308 e. The molecule has 1 aromatic carbocycles. The predicted octanol–water partition coefficient (Wildman–Crippen LogP) is 1.50. The third kappa shape index (κ3) is 3.37. The Balaban J connectivity index is 1.97. The second-order valence-corrected chi connectivity index (χ2v) is 5.56. The van der Waals surface area contributed by atoms with Crippen LogP contribution in [0, 0.1) is 23.2 Å². The SMILES string of the molecule is CC(Oc1ccc(C#N)cc1)C(=O)N1C[C@@H](C)[C@H](C(=O)O)C1. The summed E-state index contributed by atoms with van der Waals surface area (Å²) in [5.74, 6) is -1.18. The van der Waals surface area contributed by atoms with Crippen molar-refractivity contribution >= 4 is 11.9 Å². The lowest BCUT2D eigenvalue weighted by atomic mass is 9.99. The zero-order valence-electron chi connectivity index (χ0n) is 12.5. The number of carboxylic acids is 1. The fourth-order valence-corrected chi connectivity index (χ4v) is 2.59. The molecule has 6 heteroatoms. The van der Waals surface area contributed by atoms with E-state index < -0.39 is 18.0 Å². The monoisotopic (exact) mass is 302 g/mol. The first kappa shape index (κ1) is 15.8. The van der Waals surface area contributed by atoms with Crippen molar-refractivity contribution in [1.29, 1.82) is 5.26 Å². The Morgan fingerprint density at radius 2 is 2.00 bits per heavy atom. The molecule has 1 N–H and O–H groups in total. The normalized spacial score (nSPS) is 22.0. The number of amides is 1. The minimum absolute atomic E-state index is 0.0661. The fourth-order valence-electron chi connectivity index (χ4n) is 2.59. The molecule has 1 heterocycles. The summed E-state index contributed by atoms with van der Waals surface area (Å²) in [5.41, 5.74) is 0.518. The molecule has 0 spiro atoms. The molecule has 22 heavy (non-hydrogen) atoms. The fraction of sp³-hybridized carbons (Fsp3) is 0.438. The molecule has 116 valence electrons. The van der Waals surface area contributed by atoms with Crippen LogP contribution < -0.4 is 4.74 Å². The lowest BCUT2D eigenvalue weighted by molar-refractivity contribution is -0.142. The van der Waals surface area contributed by atoms with E-state index in [4.69, 9.17) is 15.1 Å². The summed E-state index contributed by atoms with van der Waals surface area (Å²) in [6, 6.07) is 8.51. The van der Waals surface area contributed by atoms with Gasteiger partial charge >= 0.3 is 5.97 Å². The van der Waals surface area contributed by atoms with Gasteiger partial charge in [-0.3, -0.25) is 9.59 Å². The van der Waals surface area contributed by atoms with Gasteiger partial charge < -0.3 is 14.7 Å². The molecule has 0 saturated carbocycles. The van der Waals surface area contributed by atoms with Crippen molar-refractivity contribution in [3.63, 3.8) is 0 Å². The molecule has 1 aliphatic heterocycles. The zero-order chi connectivity index (χ0) is 16.3. The maximum atomic E-state index is 12.3. The van der Waals surface area contributed by atoms with Crippen LogP contribution in [0.15, 0.2) is 24.3 Å². The first-order valence-corrected chi connectivity index (χ1v) is 7.10. The van der Waals surface area contributed by atoms with Crippen LogP contribution in [-0.2, 0) is 9.59 Å². The summed E-state index contributed by atoms with van der Waals surface area (Å²) in [4.78, 5) is 25.0. The number of rotatable bonds is 4. The molecule has 6 nitrogen and oxygen atoms in total. The molecule has 2 rings (SSSR count). The number of nitriles is 1. The Morgan fingerprint density at radius 1 is 1.36 bits per heavy atom. The van der Waals surface area contributed by atoms with E-state index >= 15 is 0 Å². The third-order valence-corrected chi connectivity index (χ3v) is 3.89. The Hall–Kier alpha value is -2.55. The number of ether oxygens (including phenoxy) is 1. The van der Waals surface area contributed by atoms with E-state index in [0.717, 1.165) is 0 Å². The number of nitrogens with zero attached hydrogens (tertiary/aromatic N) is 2. The second kappa shape index (κ2) is 6.48. The number of carbonyl (C=O) groups is 2. The van der Waals surface area contributed by atoms with Crippen LogP contribution >= 0.6 is 0 Å². The van der Waals surface area contributed by atoms with Gasteiger partial charge in [-0.1, -0.05) is 6.92 Å². The van der Waals surface area contributed by atoms with E-state index in [0.29, 0.717) is 17.9 Å². The molecule has 1 aliphatic rings. The molecule has 0 radical (unpaired) electrons. The summed E-state index contributed by atoms with van der Waals surface area (Å²) < 4.78 is 5.57. The number of aliphatic carboxylic acids is 1. The highest BCUT2D eigenvalue weighted by Gasteiger charge is 2.38. The Morgan fingerprint density at radius 3 is 2.50 bits per heavy atom. The summed E-state index contributed by atoms with van der Waals surface area (Å²) >= 11 is 0. The molecule has 3 atom stereocenters. The van der Waals surface area contributed by atoms with Crippen molar-refractivity contribution in [2.75, 3.05) is 13.1 Å². The number of hydrogen-bond acceptors (Lipinski definition) is 4. The van der Waals surface area contributed by atoms with Gasteiger partial charge in [0.05, 0.1) is 17.6 Å². The summed E-state index contributed by atoms with van der Waals surface area (Å²) in [5, 5.41) is 17.8. The average molecular weight is 302 g/mol. The predicted molar refractivity (Wildman–Crippen MR) is 78.1 cm³/mol. The molecule has 0 aliphatic carbocycles. The average Bonchev–Trinajstić information content (AvgIpc) is 2.89. The molecule has 1 saturated heterocycles. The van der Waals surface area contributed by atoms with Gasteiger partial charge in [-0.05, 0) is 37.1 Å². The van der Waals surface area contributed by atoms with Crippen molar-refractivity contribution < 1.29 is 19.4 Å². The van der Waals surface area contributed by atoms with Crippen LogP contribution in [0.3, 0.4) is 0 Å². The van der Waals surface area contributed by atoms with Gasteiger partial charge in [0, 0.05) is 13.1 Å². The van der Waals surface area contributed by atoms with E-state index in [9.17, 15) is 9.59 Å². The lowest BCUT2D eigenvalue weighted by Crippen LogP contribution is -2.39. The molecule has 1 amide bonds. The van der Waals surface area contributed by atoms with E-state index in [1.807, 2.05) is 13.0 Å². The maximum absolute atomic E-state index is 12.3. The van der Waals surface area contributed by atoms with Crippen LogP contribution in [-0.4, -0.2) is 41.1 Å². The van der Waals surface area contributed by atoms with E-state index in [1.54, 1.807) is 31.2 Å². The zero-order valence-corrected chi connectivity index (χ0v) is 12.5. The molecule has 0 bridgehead atoms. The van der Waals surface area contributed by atoms with Crippen LogP contribution in [0.1, 0.15) is 19.4 Å². The topological polar surface area (TPSA) is 90.6 Å². The van der Waals surface area contributed by atoms with Gasteiger partial charge in [0.1, 0.15) is 5.75 Å². The van der Waals surface area contributed by atoms with Crippen molar-refractivity contribution in [3.8, 4) is 11.8 Å². The van der Waals surface area contributed by atoms with Crippen molar-refractivity contribution in [3.05, 3.63) is 29.8 Å². The number of carbonyl (C=O) groups excluding carboxylic acids is 1. The summed E-state index contributed by atoms with van der Waals surface area (Å²) in [6.07, 6.45) is -0.701. The minimum Gasteiger partial charge on any atom is -0.481 e. The van der Waals surface area contributed by atoms with E-state index in [2.05, 4.69) is 0 Å². The van der Waals surface area contributed by atoms with E-state index in [-0.39, 0.29) is 18.4 Å². The standard InChI is InChI=1S/C16H18N2O4/c1-10-8-18(9-14(10)16(20)21)15(19)11(2)22-13-5-3-12(7-17)4-6-13/h3-6,10-11,14H,8-9H2,1-2H3,(H,20,21)/t10-,11?,14-/m1/s1. The first-order valence-electron chi connectivity index (χ1n) is 7.10. The second-order valence-electron chi connectivity index (χ2n) is 5.56. The number of carboxylic acid groups (broad SMARTS) is 1. The first-order chi connectivity index (χ1) is 10.4. The highest BCUT2D eigenvalue weighted by molar-refractivity contribution is 5.82. The molecule has 1 aromatic rings. The lowest BCUT2D eigenvalue weighted by Gasteiger charge is -2.21.